The van der Waals surface area contributed by atoms with E-state index in [0.29, 0.717) is 41.2 Å². The average Bonchev–Trinajstić information content (AvgIpc) is 3.54. The molecule has 1 aliphatic carbocycles. The number of nitrogen functional groups attached to an aromatic ring is 1. The Morgan fingerprint density at radius 3 is 2.69 bits per heavy atom. The lowest BCUT2D eigenvalue weighted by atomic mass is 10.1. The Morgan fingerprint density at radius 2 is 2.00 bits per heavy atom. The van der Waals surface area contributed by atoms with Gasteiger partial charge in [0.1, 0.15) is 23.5 Å². The molecule has 1 aliphatic heterocycles. The van der Waals surface area contributed by atoms with Crippen molar-refractivity contribution in [3.8, 4) is 11.8 Å². The number of fused-ring (bicyclic) bond motifs is 1. The third-order valence-electron chi connectivity index (χ3n) is 7.03. The van der Waals surface area contributed by atoms with E-state index < -0.39 is 0 Å². The topological polar surface area (TPSA) is 106 Å². The molecule has 184 valence electrons. The minimum absolute atomic E-state index is 0.0109. The number of hydrogen-bond donors (Lipinski definition) is 2. The van der Waals surface area contributed by atoms with Gasteiger partial charge in [0.25, 0.3) is 5.91 Å². The zero-order valence-electron chi connectivity index (χ0n) is 20.6. The Bertz CT molecular complexity index is 1400. The number of nitrogens with zero attached hydrogens (tertiary/aromatic N) is 4. The highest BCUT2D eigenvalue weighted by molar-refractivity contribution is 6.12. The Hall–Kier alpha value is -4.12. The SMILES string of the molecule is C=CC(=O)N1C[C@H](n2c(C#CC3CC3)c(C(=O)NC(C)c3ccccc3)c3c(N)ncnc32)C[C@@H]1C. The Morgan fingerprint density at radius 1 is 1.25 bits per heavy atom. The molecule has 5 rings (SSSR count). The van der Waals surface area contributed by atoms with Crippen LogP contribution in [0.5, 0.6) is 0 Å². The fourth-order valence-electron chi connectivity index (χ4n) is 4.96. The number of anilines is 1. The van der Waals surface area contributed by atoms with Gasteiger partial charge in [-0.2, -0.15) is 0 Å². The smallest absolute Gasteiger partial charge is 0.255 e. The van der Waals surface area contributed by atoms with Crippen LogP contribution >= 0.6 is 0 Å². The lowest BCUT2D eigenvalue weighted by Crippen LogP contribution is -2.32. The predicted octanol–water partition coefficient (Wildman–Crippen LogP) is 3.61. The van der Waals surface area contributed by atoms with Crippen molar-refractivity contribution in [1.29, 1.82) is 0 Å². The zero-order chi connectivity index (χ0) is 25.4. The van der Waals surface area contributed by atoms with Gasteiger partial charge < -0.3 is 20.5 Å². The normalized spacial score (nSPS) is 20.0. The van der Waals surface area contributed by atoms with Gasteiger partial charge in [0, 0.05) is 18.5 Å². The van der Waals surface area contributed by atoms with Crippen LogP contribution in [0.25, 0.3) is 11.0 Å². The molecule has 1 aromatic carbocycles. The van der Waals surface area contributed by atoms with Crippen LogP contribution in [0.15, 0.2) is 49.3 Å². The quantitative estimate of drug-likeness (QED) is 0.427. The molecule has 2 amide bonds. The largest absolute Gasteiger partial charge is 0.383 e. The van der Waals surface area contributed by atoms with E-state index in [2.05, 4.69) is 33.7 Å². The number of amides is 2. The van der Waals surface area contributed by atoms with Crippen molar-refractivity contribution in [3.63, 3.8) is 0 Å². The van der Waals surface area contributed by atoms with Gasteiger partial charge in [0.2, 0.25) is 5.91 Å². The van der Waals surface area contributed by atoms with Gasteiger partial charge >= 0.3 is 0 Å². The molecule has 0 bridgehead atoms. The van der Waals surface area contributed by atoms with Gasteiger partial charge in [-0.1, -0.05) is 42.8 Å². The van der Waals surface area contributed by atoms with Crippen molar-refractivity contribution >= 4 is 28.7 Å². The van der Waals surface area contributed by atoms with E-state index in [0.717, 1.165) is 18.4 Å². The van der Waals surface area contributed by atoms with Crippen molar-refractivity contribution in [1.82, 2.24) is 24.8 Å². The zero-order valence-corrected chi connectivity index (χ0v) is 20.6. The van der Waals surface area contributed by atoms with E-state index in [-0.39, 0.29) is 35.8 Å². The molecule has 3 N–H and O–H groups in total. The van der Waals surface area contributed by atoms with Crippen molar-refractivity contribution in [2.75, 3.05) is 12.3 Å². The molecular weight excluding hydrogens is 452 g/mol. The third-order valence-corrected chi connectivity index (χ3v) is 7.03. The number of nitrogens with two attached hydrogens (primary N) is 1. The molecule has 8 nitrogen and oxygen atoms in total. The third kappa shape index (κ3) is 4.33. The molecular formula is C28H30N6O2. The highest BCUT2D eigenvalue weighted by Crippen LogP contribution is 2.37. The maximum atomic E-state index is 13.8. The van der Waals surface area contributed by atoms with Gasteiger partial charge in [-0.3, -0.25) is 9.59 Å². The van der Waals surface area contributed by atoms with Gasteiger partial charge in [0.05, 0.1) is 23.0 Å². The number of aromatic nitrogens is 3. The van der Waals surface area contributed by atoms with Gasteiger partial charge in [-0.25, -0.2) is 9.97 Å². The first kappa shape index (κ1) is 23.6. The summed E-state index contributed by atoms with van der Waals surface area (Å²) in [5.74, 6) is 6.80. The van der Waals surface area contributed by atoms with Crippen molar-refractivity contribution in [2.24, 2.45) is 5.92 Å². The second kappa shape index (κ2) is 9.50. The predicted molar refractivity (Wildman–Crippen MR) is 139 cm³/mol. The molecule has 1 saturated heterocycles. The molecule has 36 heavy (non-hydrogen) atoms. The first-order valence-electron chi connectivity index (χ1n) is 12.3. The molecule has 3 heterocycles. The maximum absolute atomic E-state index is 13.8. The van der Waals surface area contributed by atoms with E-state index >= 15 is 0 Å². The van der Waals surface area contributed by atoms with E-state index in [9.17, 15) is 9.59 Å². The van der Waals surface area contributed by atoms with Crippen molar-refractivity contribution in [3.05, 3.63) is 66.1 Å². The molecule has 0 spiro atoms. The number of carbonyl (C=O) groups is 2. The van der Waals surface area contributed by atoms with Crippen LogP contribution in [-0.2, 0) is 4.79 Å². The van der Waals surface area contributed by atoms with E-state index in [1.807, 2.05) is 48.7 Å². The number of benzene rings is 1. The number of rotatable bonds is 5. The monoisotopic (exact) mass is 482 g/mol. The van der Waals surface area contributed by atoms with Crippen molar-refractivity contribution in [2.45, 2.75) is 51.2 Å². The molecule has 1 saturated carbocycles. The van der Waals surface area contributed by atoms with Crippen LogP contribution in [0.4, 0.5) is 5.82 Å². The molecule has 8 heteroatoms. The summed E-state index contributed by atoms with van der Waals surface area (Å²) in [7, 11) is 0. The molecule has 2 aliphatic rings. The standard InChI is InChI=1S/C28H30N6O2/c1-4-23(35)33-15-21(14-17(33)2)34-22(13-12-19-10-11-19)24(25-26(29)30-16-31-27(25)34)28(36)32-18(3)20-8-6-5-7-9-20/h4-9,16-19,21H,1,10-11,14-15H2,2-3H3,(H,32,36)(H2,29,30,31)/t17-,18?,21+/m0/s1. The van der Waals surface area contributed by atoms with Gasteiger partial charge in [-0.15, -0.1) is 0 Å². The van der Waals surface area contributed by atoms with Crippen LogP contribution in [-0.4, -0.2) is 43.8 Å². The second-order valence-electron chi connectivity index (χ2n) is 9.63. The summed E-state index contributed by atoms with van der Waals surface area (Å²) in [5, 5.41) is 3.61. The summed E-state index contributed by atoms with van der Waals surface area (Å²) in [6.07, 6.45) is 5.57. The molecule has 2 fully saturated rings. The van der Waals surface area contributed by atoms with E-state index in [4.69, 9.17) is 5.73 Å². The summed E-state index contributed by atoms with van der Waals surface area (Å²) < 4.78 is 2.00. The fourth-order valence-corrected chi connectivity index (χ4v) is 4.96. The fraction of sp³-hybridized carbons (Fsp3) is 0.357. The summed E-state index contributed by atoms with van der Waals surface area (Å²) in [4.78, 5) is 36.8. The highest BCUT2D eigenvalue weighted by Gasteiger charge is 2.37. The van der Waals surface area contributed by atoms with Crippen LogP contribution in [0.2, 0.25) is 0 Å². The first-order valence-corrected chi connectivity index (χ1v) is 12.3. The first-order chi connectivity index (χ1) is 17.4. The number of nitrogens with one attached hydrogen (secondary N) is 1. The molecule has 3 aromatic rings. The Labute approximate surface area is 210 Å². The molecule has 2 aromatic heterocycles. The second-order valence-corrected chi connectivity index (χ2v) is 9.63. The van der Waals surface area contributed by atoms with Crippen LogP contribution < -0.4 is 11.1 Å². The molecule has 1 unspecified atom stereocenters. The highest BCUT2D eigenvalue weighted by atomic mass is 16.2. The molecule has 0 radical (unpaired) electrons. The lowest BCUT2D eigenvalue weighted by molar-refractivity contribution is -0.126. The number of carbonyl (C=O) groups excluding carboxylic acids is 2. The summed E-state index contributed by atoms with van der Waals surface area (Å²) in [6.45, 7) is 8.07. The van der Waals surface area contributed by atoms with Gasteiger partial charge in [-0.05, 0) is 50.7 Å². The Balaban J connectivity index is 1.63. The van der Waals surface area contributed by atoms with E-state index in [1.165, 1.54) is 12.4 Å². The number of hydrogen-bond acceptors (Lipinski definition) is 5. The summed E-state index contributed by atoms with van der Waals surface area (Å²) in [6, 6.07) is 9.46. The minimum atomic E-state index is -0.276. The van der Waals surface area contributed by atoms with Crippen molar-refractivity contribution < 1.29 is 9.59 Å². The van der Waals surface area contributed by atoms with Crippen LogP contribution in [0.1, 0.15) is 66.8 Å². The van der Waals surface area contributed by atoms with E-state index in [1.54, 1.807) is 4.90 Å². The lowest BCUT2D eigenvalue weighted by Gasteiger charge is -2.19. The minimum Gasteiger partial charge on any atom is -0.383 e. The van der Waals surface area contributed by atoms with Crippen LogP contribution in [0, 0.1) is 17.8 Å². The Kier molecular flexibility index (Phi) is 6.23. The summed E-state index contributed by atoms with van der Waals surface area (Å²) >= 11 is 0. The maximum Gasteiger partial charge on any atom is 0.255 e. The molecule has 3 atom stereocenters. The van der Waals surface area contributed by atoms with Crippen LogP contribution in [0.3, 0.4) is 0 Å². The average molecular weight is 483 g/mol. The summed E-state index contributed by atoms with van der Waals surface area (Å²) in [5.41, 5.74) is 8.86. The van der Waals surface area contributed by atoms with Gasteiger partial charge in [0.15, 0.2) is 0 Å². The number of likely N-dealkylation sites (tertiary alicyclic amines) is 1.